The number of aryl methyl sites for hydroxylation is 1. The summed E-state index contributed by atoms with van der Waals surface area (Å²) in [6.45, 7) is 0.0485. The van der Waals surface area contributed by atoms with Crippen molar-refractivity contribution in [2.75, 3.05) is 5.32 Å². The second-order valence-corrected chi connectivity index (χ2v) is 6.29. The Labute approximate surface area is 163 Å². The predicted octanol–water partition coefficient (Wildman–Crippen LogP) is 2.89. The maximum atomic E-state index is 13.6. The Hall–Kier alpha value is -3.88. The maximum absolute atomic E-state index is 13.6. The molecule has 4 rings (SSSR count). The highest BCUT2D eigenvalue weighted by atomic mass is 19.1. The van der Waals surface area contributed by atoms with E-state index in [1.165, 1.54) is 17.1 Å². The molecule has 4 aromatic rings. The molecule has 29 heavy (non-hydrogen) atoms. The summed E-state index contributed by atoms with van der Waals surface area (Å²) in [5.41, 5.74) is 0.725. The van der Waals surface area contributed by atoms with Gasteiger partial charge in [-0.1, -0.05) is 18.2 Å². The van der Waals surface area contributed by atoms with Crippen molar-refractivity contribution < 1.29 is 13.6 Å². The van der Waals surface area contributed by atoms with E-state index in [0.29, 0.717) is 17.1 Å². The zero-order valence-electron chi connectivity index (χ0n) is 15.0. The lowest BCUT2D eigenvalue weighted by Crippen LogP contribution is -2.23. The first-order chi connectivity index (χ1) is 14.0. The fourth-order valence-electron chi connectivity index (χ4n) is 2.89. The molecule has 1 amide bonds. The number of aromatic nitrogens is 4. The number of amides is 1. The molecule has 0 radical (unpaired) electrons. The minimum absolute atomic E-state index is 0.0485. The number of carbonyl (C=O) groups is 1. The highest BCUT2D eigenvalue weighted by molar-refractivity contribution is 5.90. The molecule has 0 aliphatic heterocycles. The van der Waals surface area contributed by atoms with E-state index in [2.05, 4.69) is 15.4 Å². The quantitative estimate of drug-likeness (QED) is 0.563. The van der Waals surface area contributed by atoms with Crippen molar-refractivity contribution >= 4 is 22.6 Å². The lowest BCUT2D eigenvalue weighted by Gasteiger charge is -2.08. The third-order valence-electron chi connectivity index (χ3n) is 4.34. The summed E-state index contributed by atoms with van der Waals surface area (Å²) in [4.78, 5) is 29.0. The Kier molecular flexibility index (Phi) is 4.86. The summed E-state index contributed by atoms with van der Waals surface area (Å²) in [7, 11) is 0. The lowest BCUT2D eigenvalue weighted by atomic mass is 10.3. The Balaban J connectivity index is 1.51. The zero-order chi connectivity index (χ0) is 20.4. The Bertz CT molecular complexity index is 1250. The number of hydrogen-bond donors (Lipinski definition) is 1. The van der Waals surface area contributed by atoms with Gasteiger partial charge in [0.05, 0.1) is 23.9 Å². The molecule has 2 heterocycles. The summed E-state index contributed by atoms with van der Waals surface area (Å²) in [6.07, 6.45) is 2.69. The molecule has 0 bridgehead atoms. The number of carbonyl (C=O) groups excluding carboxylic acids is 1. The number of hydrogen-bond acceptors (Lipinski definition) is 4. The topological polar surface area (TPSA) is 81.8 Å². The Morgan fingerprint density at radius 1 is 1.10 bits per heavy atom. The van der Waals surface area contributed by atoms with E-state index in [1.54, 1.807) is 4.68 Å². The van der Waals surface area contributed by atoms with E-state index in [4.69, 9.17) is 0 Å². The average Bonchev–Trinajstić information content (AvgIpc) is 3.15. The van der Waals surface area contributed by atoms with Gasteiger partial charge in [0.15, 0.2) is 5.65 Å². The van der Waals surface area contributed by atoms with Crippen molar-refractivity contribution in [3.8, 4) is 5.69 Å². The van der Waals surface area contributed by atoms with Crippen LogP contribution < -0.4 is 10.9 Å². The SMILES string of the molecule is O=C(CCn1cnc2c(cnn2-c2ccccc2)c1=O)Nc1ccc(F)cc1F. The maximum Gasteiger partial charge on any atom is 0.264 e. The molecule has 0 unspecified atom stereocenters. The molecule has 0 aliphatic carbocycles. The van der Waals surface area contributed by atoms with Gasteiger partial charge in [-0.25, -0.2) is 18.4 Å². The molecule has 0 atom stereocenters. The highest BCUT2D eigenvalue weighted by Crippen LogP contribution is 2.15. The van der Waals surface area contributed by atoms with Gasteiger partial charge in [-0.2, -0.15) is 5.10 Å². The van der Waals surface area contributed by atoms with Crippen LogP contribution >= 0.6 is 0 Å². The molecule has 9 heteroatoms. The first-order valence-electron chi connectivity index (χ1n) is 8.76. The van der Waals surface area contributed by atoms with Crippen molar-refractivity contribution in [2.24, 2.45) is 0 Å². The number of anilines is 1. The van der Waals surface area contributed by atoms with Crippen LogP contribution in [-0.2, 0) is 11.3 Å². The van der Waals surface area contributed by atoms with Crippen LogP contribution in [0.4, 0.5) is 14.5 Å². The number of para-hydroxylation sites is 1. The Morgan fingerprint density at radius 3 is 2.66 bits per heavy atom. The van der Waals surface area contributed by atoms with Gasteiger partial charge in [0.2, 0.25) is 5.91 Å². The standard InChI is InChI=1S/C20H15F2N5O2/c21-13-6-7-17(16(22)10-13)25-18(28)8-9-26-12-23-19-15(20(26)29)11-24-27(19)14-4-2-1-3-5-14/h1-7,10-12H,8-9H2,(H,25,28). The summed E-state index contributed by atoms with van der Waals surface area (Å²) >= 11 is 0. The zero-order valence-corrected chi connectivity index (χ0v) is 15.0. The number of rotatable bonds is 5. The van der Waals surface area contributed by atoms with Crippen molar-refractivity contribution in [3.63, 3.8) is 0 Å². The second kappa shape index (κ2) is 7.63. The fraction of sp³-hybridized carbons (Fsp3) is 0.100. The van der Waals surface area contributed by atoms with Crippen molar-refractivity contribution in [3.05, 3.63) is 83.0 Å². The minimum Gasteiger partial charge on any atom is -0.324 e. The molecule has 0 aliphatic rings. The van der Waals surface area contributed by atoms with Crippen molar-refractivity contribution in [1.29, 1.82) is 0 Å². The molecule has 1 N–H and O–H groups in total. The largest absolute Gasteiger partial charge is 0.324 e. The molecule has 0 saturated carbocycles. The van der Waals surface area contributed by atoms with Crippen LogP contribution in [0.3, 0.4) is 0 Å². The fourth-order valence-corrected chi connectivity index (χ4v) is 2.89. The van der Waals surface area contributed by atoms with Crippen LogP contribution in [-0.4, -0.2) is 25.2 Å². The van der Waals surface area contributed by atoms with Gasteiger partial charge in [0, 0.05) is 19.0 Å². The van der Waals surface area contributed by atoms with Gasteiger partial charge < -0.3 is 5.32 Å². The monoisotopic (exact) mass is 395 g/mol. The molecule has 7 nitrogen and oxygen atoms in total. The third kappa shape index (κ3) is 3.75. The van der Waals surface area contributed by atoms with Gasteiger partial charge in [0.1, 0.15) is 17.0 Å². The van der Waals surface area contributed by atoms with Crippen LogP contribution in [0.25, 0.3) is 16.7 Å². The molecular weight excluding hydrogens is 380 g/mol. The molecule has 0 saturated heterocycles. The van der Waals surface area contributed by atoms with E-state index in [1.807, 2.05) is 30.3 Å². The number of nitrogens with one attached hydrogen (secondary N) is 1. The molecule has 2 aromatic heterocycles. The Morgan fingerprint density at radius 2 is 1.90 bits per heavy atom. The average molecular weight is 395 g/mol. The van der Waals surface area contributed by atoms with Crippen LogP contribution in [0, 0.1) is 11.6 Å². The normalized spacial score (nSPS) is 11.0. The highest BCUT2D eigenvalue weighted by Gasteiger charge is 2.13. The molecule has 0 fully saturated rings. The number of fused-ring (bicyclic) bond motifs is 1. The smallest absolute Gasteiger partial charge is 0.264 e. The van der Waals surface area contributed by atoms with Gasteiger partial charge in [-0.05, 0) is 24.3 Å². The van der Waals surface area contributed by atoms with E-state index >= 15 is 0 Å². The van der Waals surface area contributed by atoms with Crippen LogP contribution in [0.5, 0.6) is 0 Å². The minimum atomic E-state index is -0.869. The number of benzene rings is 2. The van der Waals surface area contributed by atoms with Crippen LogP contribution in [0.1, 0.15) is 6.42 Å². The van der Waals surface area contributed by atoms with Gasteiger partial charge in [-0.3, -0.25) is 14.2 Å². The lowest BCUT2D eigenvalue weighted by molar-refractivity contribution is -0.116. The van der Waals surface area contributed by atoms with Crippen molar-refractivity contribution in [2.45, 2.75) is 13.0 Å². The predicted molar refractivity (Wildman–Crippen MR) is 103 cm³/mol. The van der Waals surface area contributed by atoms with E-state index in [9.17, 15) is 18.4 Å². The number of halogens is 2. The van der Waals surface area contributed by atoms with Gasteiger partial charge in [0.25, 0.3) is 5.56 Å². The third-order valence-corrected chi connectivity index (χ3v) is 4.34. The van der Waals surface area contributed by atoms with Gasteiger partial charge >= 0.3 is 0 Å². The first-order valence-corrected chi connectivity index (χ1v) is 8.76. The molecule has 0 spiro atoms. The summed E-state index contributed by atoms with van der Waals surface area (Å²) in [5, 5.41) is 6.90. The van der Waals surface area contributed by atoms with Crippen LogP contribution in [0.15, 0.2) is 65.8 Å². The molecule has 146 valence electrons. The van der Waals surface area contributed by atoms with E-state index in [0.717, 1.165) is 17.8 Å². The second-order valence-electron chi connectivity index (χ2n) is 6.29. The number of nitrogens with zero attached hydrogens (tertiary/aromatic N) is 4. The summed E-state index contributed by atoms with van der Waals surface area (Å²) in [6, 6.07) is 12.1. The van der Waals surface area contributed by atoms with Gasteiger partial charge in [-0.15, -0.1) is 0 Å². The molecule has 2 aromatic carbocycles. The van der Waals surface area contributed by atoms with E-state index < -0.39 is 17.5 Å². The summed E-state index contributed by atoms with van der Waals surface area (Å²) in [5.74, 6) is -2.11. The van der Waals surface area contributed by atoms with Crippen LogP contribution in [0.2, 0.25) is 0 Å². The first kappa shape index (κ1) is 18.5. The molecular formula is C20H15F2N5O2. The van der Waals surface area contributed by atoms with Crippen molar-refractivity contribution in [1.82, 2.24) is 19.3 Å². The summed E-state index contributed by atoms with van der Waals surface area (Å²) < 4.78 is 29.4. The van der Waals surface area contributed by atoms with E-state index in [-0.39, 0.29) is 24.2 Å².